The SMILES string of the molecule is CCn1cc(CN2CCCC(c3cnccn3)C2)cn1. The van der Waals surface area contributed by atoms with Gasteiger partial charge >= 0.3 is 0 Å². The Morgan fingerprint density at radius 2 is 2.25 bits per heavy atom. The summed E-state index contributed by atoms with van der Waals surface area (Å²) in [5.74, 6) is 0.513. The highest BCUT2D eigenvalue weighted by atomic mass is 15.3. The molecule has 0 aromatic carbocycles. The molecule has 0 spiro atoms. The Balaban J connectivity index is 1.63. The van der Waals surface area contributed by atoms with Gasteiger partial charge in [0.15, 0.2) is 0 Å². The third-order valence-corrected chi connectivity index (χ3v) is 3.92. The van der Waals surface area contributed by atoms with Crippen molar-refractivity contribution < 1.29 is 0 Å². The van der Waals surface area contributed by atoms with Gasteiger partial charge in [0, 0.05) is 55.9 Å². The van der Waals surface area contributed by atoms with E-state index in [2.05, 4.69) is 33.1 Å². The highest BCUT2D eigenvalue weighted by Crippen LogP contribution is 2.25. The molecule has 0 amide bonds. The molecule has 3 rings (SSSR count). The molecule has 2 aromatic heterocycles. The second-order valence-corrected chi connectivity index (χ2v) is 5.41. The first-order chi connectivity index (χ1) is 9.85. The van der Waals surface area contributed by atoms with Crippen LogP contribution < -0.4 is 0 Å². The average molecular weight is 271 g/mol. The van der Waals surface area contributed by atoms with Crippen molar-refractivity contribution in [1.29, 1.82) is 0 Å². The maximum Gasteiger partial charge on any atom is 0.0630 e. The first kappa shape index (κ1) is 13.2. The van der Waals surface area contributed by atoms with Crippen LogP contribution in [-0.4, -0.2) is 37.7 Å². The molecule has 0 saturated carbocycles. The van der Waals surface area contributed by atoms with Gasteiger partial charge in [0.1, 0.15) is 0 Å². The fourth-order valence-corrected chi connectivity index (χ4v) is 2.88. The van der Waals surface area contributed by atoms with Crippen LogP contribution in [0.2, 0.25) is 0 Å². The van der Waals surface area contributed by atoms with E-state index in [1.165, 1.54) is 18.4 Å². The summed E-state index contributed by atoms with van der Waals surface area (Å²) in [5.41, 5.74) is 2.42. The summed E-state index contributed by atoms with van der Waals surface area (Å²) in [6.45, 7) is 6.25. The second kappa shape index (κ2) is 6.13. The van der Waals surface area contributed by atoms with Gasteiger partial charge < -0.3 is 0 Å². The first-order valence-corrected chi connectivity index (χ1v) is 7.34. The van der Waals surface area contributed by atoms with Crippen LogP contribution >= 0.6 is 0 Å². The molecule has 0 aliphatic carbocycles. The Bertz CT molecular complexity index is 536. The Labute approximate surface area is 119 Å². The summed E-state index contributed by atoms with van der Waals surface area (Å²) < 4.78 is 1.99. The number of piperidine rings is 1. The molecule has 0 bridgehead atoms. The fraction of sp³-hybridized carbons (Fsp3) is 0.533. The number of aryl methyl sites for hydroxylation is 1. The Morgan fingerprint density at radius 1 is 1.30 bits per heavy atom. The van der Waals surface area contributed by atoms with E-state index in [4.69, 9.17) is 0 Å². The van der Waals surface area contributed by atoms with Gasteiger partial charge in [-0.05, 0) is 26.3 Å². The molecular formula is C15H21N5. The highest BCUT2D eigenvalue weighted by Gasteiger charge is 2.22. The highest BCUT2D eigenvalue weighted by molar-refractivity contribution is 5.08. The Morgan fingerprint density at radius 3 is 3.00 bits per heavy atom. The predicted molar refractivity (Wildman–Crippen MR) is 77.2 cm³/mol. The lowest BCUT2D eigenvalue weighted by Crippen LogP contribution is -2.34. The number of rotatable bonds is 4. The van der Waals surface area contributed by atoms with Crippen molar-refractivity contribution in [3.63, 3.8) is 0 Å². The zero-order chi connectivity index (χ0) is 13.8. The minimum atomic E-state index is 0.513. The van der Waals surface area contributed by atoms with Crippen LogP contribution in [-0.2, 0) is 13.1 Å². The molecule has 1 atom stereocenters. The number of nitrogens with zero attached hydrogens (tertiary/aromatic N) is 5. The summed E-state index contributed by atoms with van der Waals surface area (Å²) in [7, 11) is 0. The number of hydrogen-bond acceptors (Lipinski definition) is 4. The van der Waals surface area contributed by atoms with Gasteiger partial charge in [0.2, 0.25) is 0 Å². The quantitative estimate of drug-likeness (QED) is 0.854. The Hall–Kier alpha value is -1.75. The topological polar surface area (TPSA) is 46.8 Å². The van der Waals surface area contributed by atoms with E-state index >= 15 is 0 Å². The number of hydrogen-bond donors (Lipinski definition) is 0. The number of likely N-dealkylation sites (tertiary alicyclic amines) is 1. The third-order valence-electron chi connectivity index (χ3n) is 3.92. The molecule has 1 aliphatic heterocycles. The van der Waals surface area contributed by atoms with Crippen molar-refractivity contribution in [1.82, 2.24) is 24.6 Å². The van der Waals surface area contributed by atoms with E-state index in [1.54, 1.807) is 12.4 Å². The molecule has 20 heavy (non-hydrogen) atoms. The first-order valence-electron chi connectivity index (χ1n) is 7.34. The molecular weight excluding hydrogens is 250 g/mol. The molecule has 0 radical (unpaired) electrons. The van der Waals surface area contributed by atoms with Crippen LogP contribution in [0.5, 0.6) is 0 Å². The van der Waals surface area contributed by atoms with Crippen LogP contribution in [0.15, 0.2) is 31.0 Å². The molecule has 0 N–H and O–H groups in total. The van der Waals surface area contributed by atoms with Gasteiger partial charge in [-0.1, -0.05) is 0 Å². The van der Waals surface area contributed by atoms with E-state index in [0.29, 0.717) is 5.92 Å². The average Bonchev–Trinajstić information content (AvgIpc) is 2.96. The second-order valence-electron chi connectivity index (χ2n) is 5.41. The van der Waals surface area contributed by atoms with Crippen LogP contribution in [0.3, 0.4) is 0 Å². The van der Waals surface area contributed by atoms with Crippen molar-refractivity contribution in [2.75, 3.05) is 13.1 Å². The molecule has 1 saturated heterocycles. The van der Waals surface area contributed by atoms with E-state index in [-0.39, 0.29) is 0 Å². The normalized spacial score (nSPS) is 20.1. The van der Waals surface area contributed by atoms with Crippen LogP contribution in [0.1, 0.15) is 36.9 Å². The Kier molecular flexibility index (Phi) is 4.06. The van der Waals surface area contributed by atoms with Crippen LogP contribution in [0.4, 0.5) is 0 Å². The van der Waals surface area contributed by atoms with E-state index < -0.39 is 0 Å². The van der Waals surface area contributed by atoms with Gasteiger partial charge in [-0.15, -0.1) is 0 Å². The van der Waals surface area contributed by atoms with E-state index in [1.807, 2.05) is 17.1 Å². The molecule has 1 unspecified atom stereocenters. The van der Waals surface area contributed by atoms with Gasteiger partial charge in [-0.25, -0.2) is 0 Å². The van der Waals surface area contributed by atoms with Gasteiger partial charge in [-0.2, -0.15) is 5.10 Å². The molecule has 5 heteroatoms. The van der Waals surface area contributed by atoms with Crippen molar-refractivity contribution in [2.45, 2.75) is 38.8 Å². The largest absolute Gasteiger partial charge is 0.298 e. The zero-order valence-electron chi connectivity index (χ0n) is 11.9. The summed E-state index contributed by atoms with van der Waals surface area (Å²) >= 11 is 0. The zero-order valence-corrected chi connectivity index (χ0v) is 11.9. The fourth-order valence-electron chi connectivity index (χ4n) is 2.88. The summed E-state index contributed by atoms with van der Waals surface area (Å²) in [6.07, 6.45) is 12.0. The lowest BCUT2D eigenvalue weighted by Gasteiger charge is -2.31. The van der Waals surface area contributed by atoms with E-state index in [0.717, 1.165) is 31.9 Å². The monoisotopic (exact) mass is 271 g/mol. The van der Waals surface area contributed by atoms with Gasteiger partial charge in [0.05, 0.1) is 11.9 Å². The van der Waals surface area contributed by atoms with Crippen molar-refractivity contribution >= 4 is 0 Å². The summed E-state index contributed by atoms with van der Waals surface area (Å²) in [6, 6.07) is 0. The van der Waals surface area contributed by atoms with E-state index in [9.17, 15) is 0 Å². The molecule has 106 valence electrons. The molecule has 5 nitrogen and oxygen atoms in total. The van der Waals surface area contributed by atoms with Crippen molar-refractivity contribution in [2.24, 2.45) is 0 Å². The number of aromatic nitrogens is 4. The predicted octanol–water partition coefficient (Wildman–Crippen LogP) is 2.07. The van der Waals surface area contributed by atoms with Crippen LogP contribution in [0.25, 0.3) is 0 Å². The van der Waals surface area contributed by atoms with Gasteiger partial charge in [-0.3, -0.25) is 19.5 Å². The smallest absolute Gasteiger partial charge is 0.0630 e. The third kappa shape index (κ3) is 3.04. The lowest BCUT2D eigenvalue weighted by molar-refractivity contribution is 0.198. The maximum atomic E-state index is 4.46. The minimum Gasteiger partial charge on any atom is -0.298 e. The summed E-state index contributed by atoms with van der Waals surface area (Å²) in [5, 5.41) is 4.35. The minimum absolute atomic E-state index is 0.513. The molecule has 2 aromatic rings. The maximum absolute atomic E-state index is 4.46. The van der Waals surface area contributed by atoms with Crippen LogP contribution in [0, 0.1) is 0 Å². The van der Waals surface area contributed by atoms with Gasteiger partial charge in [0.25, 0.3) is 0 Å². The van der Waals surface area contributed by atoms with Crippen molar-refractivity contribution in [3.05, 3.63) is 42.2 Å². The summed E-state index contributed by atoms with van der Waals surface area (Å²) in [4.78, 5) is 11.1. The molecule has 1 aliphatic rings. The molecule has 1 fully saturated rings. The molecule has 3 heterocycles. The lowest BCUT2D eigenvalue weighted by atomic mass is 9.95. The standard InChI is InChI=1S/C15H21N5/c1-2-20-11-13(8-18-20)10-19-7-3-4-14(12-19)15-9-16-5-6-17-15/h5-6,8-9,11,14H,2-4,7,10,12H2,1H3. The van der Waals surface area contributed by atoms with Crippen molar-refractivity contribution in [3.8, 4) is 0 Å².